The summed E-state index contributed by atoms with van der Waals surface area (Å²) in [4.78, 5) is 12.3. The molecule has 6 heteroatoms. The molecule has 2 aromatic rings. The first-order chi connectivity index (χ1) is 9.92. The van der Waals surface area contributed by atoms with Gasteiger partial charge in [-0.1, -0.05) is 11.6 Å². The molecule has 0 aliphatic rings. The van der Waals surface area contributed by atoms with Crippen LogP contribution in [0.3, 0.4) is 0 Å². The number of methoxy groups -OCH3 is 1. The number of hydrogen-bond donors (Lipinski definition) is 1. The third-order valence-corrected chi connectivity index (χ3v) is 3.97. The van der Waals surface area contributed by atoms with Crippen molar-refractivity contribution in [2.45, 2.75) is 6.92 Å². The predicted molar refractivity (Wildman–Crippen MR) is 84.8 cm³/mol. The Morgan fingerprint density at radius 1 is 1.33 bits per heavy atom. The molecule has 0 saturated carbocycles. The van der Waals surface area contributed by atoms with Crippen LogP contribution in [0, 0.1) is 12.7 Å². The number of aryl methyl sites for hydroxylation is 1. The SMILES string of the molecule is COc1cc(Cl)c(C)cc1NC(=O)c1ccc(F)cc1Br. The number of carbonyl (C=O) groups is 1. The van der Waals surface area contributed by atoms with Gasteiger partial charge in [0.1, 0.15) is 11.6 Å². The van der Waals surface area contributed by atoms with Gasteiger partial charge < -0.3 is 10.1 Å². The molecule has 0 unspecified atom stereocenters. The number of carbonyl (C=O) groups excluding carboxylic acids is 1. The van der Waals surface area contributed by atoms with E-state index in [0.717, 1.165) is 5.56 Å². The molecule has 0 aliphatic carbocycles. The normalized spacial score (nSPS) is 10.3. The molecule has 2 rings (SSSR count). The molecule has 0 aliphatic heterocycles. The van der Waals surface area contributed by atoms with Crippen LogP contribution in [0.5, 0.6) is 5.75 Å². The Morgan fingerprint density at radius 2 is 2.05 bits per heavy atom. The van der Waals surface area contributed by atoms with Crippen LogP contribution in [0.4, 0.5) is 10.1 Å². The van der Waals surface area contributed by atoms with E-state index in [1.165, 1.54) is 25.3 Å². The lowest BCUT2D eigenvalue weighted by Crippen LogP contribution is -2.13. The van der Waals surface area contributed by atoms with E-state index in [1.807, 2.05) is 6.92 Å². The molecular formula is C15H12BrClFNO2. The fraction of sp³-hybridized carbons (Fsp3) is 0.133. The Bertz CT molecular complexity index is 706. The fourth-order valence-electron chi connectivity index (χ4n) is 1.79. The third-order valence-electron chi connectivity index (χ3n) is 2.90. The van der Waals surface area contributed by atoms with Crippen molar-refractivity contribution in [2.75, 3.05) is 12.4 Å². The van der Waals surface area contributed by atoms with Crippen molar-refractivity contribution in [2.24, 2.45) is 0 Å². The molecule has 0 atom stereocenters. The van der Waals surface area contributed by atoms with E-state index in [1.54, 1.807) is 12.1 Å². The van der Waals surface area contributed by atoms with Crippen molar-refractivity contribution in [1.29, 1.82) is 0 Å². The molecule has 110 valence electrons. The van der Waals surface area contributed by atoms with E-state index in [4.69, 9.17) is 16.3 Å². The summed E-state index contributed by atoms with van der Waals surface area (Å²) >= 11 is 9.19. The van der Waals surface area contributed by atoms with Crippen LogP contribution < -0.4 is 10.1 Å². The second kappa shape index (κ2) is 6.45. The minimum Gasteiger partial charge on any atom is -0.495 e. The van der Waals surface area contributed by atoms with Crippen LogP contribution in [-0.2, 0) is 0 Å². The highest BCUT2D eigenvalue weighted by Gasteiger charge is 2.14. The summed E-state index contributed by atoms with van der Waals surface area (Å²) in [6, 6.07) is 7.22. The topological polar surface area (TPSA) is 38.3 Å². The fourth-order valence-corrected chi connectivity index (χ4v) is 2.48. The molecule has 0 saturated heterocycles. The average molecular weight is 373 g/mol. The summed E-state index contributed by atoms with van der Waals surface area (Å²) in [7, 11) is 1.49. The summed E-state index contributed by atoms with van der Waals surface area (Å²) in [5.41, 5.74) is 1.64. The molecule has 1 N–H and O–H groups in total. The van der Waals surface area contributed by atoms with E-state index >= 15 is 0 Å². The van der Waals surface area contributed by atoms with Gasteiger partial charge in [0.05, 0.1) is 18.4 Å². The lowest BCUT2D eigenvalue weighted by Gasteiger charge is -2.13. The maximum Gasteiger partial charge on any atom is 0.256 e. The van der Waals surface area contributed by atoms with E-state index < -0.39 is 5.82 Å². The summed E-state index contributed by atoms with van der Waals surface area (Å²) < 4.78 is 18.6. The maximum atomic E-state index is 13.1. The zero-order chi connectivity index (χ0) is 15.6. The quantitative estimate of drug-likeness (QED) is 0.839. The molecule has 0 bridgehead atoms. The monoisotopic (exact) mass is 371 g/mol. The van der Waals surface area contributed by atoms with Crippen LogP contribution in [0.25, 0.3) is 0 Å². The highest BCUT2D eigenvalue weighted by molar-refractivity contribution is 9.10. The molecular weight excluding hydrogens is 361 g/mol. The summed E-state index contributed by atoms with van der Waals surface area (Å²) in [5, 5.41) is 3.28. The molecule has 3 nitrogen and oxygen atoms in total. The molecule has 0 heterocycles. The van der Waals surface area contributed by atoms with Gasteiger partial charge >= 0.3 is 0 Å². The van der Waals surface area contributed by atoms with Gasteiger partial charge in [0.25, 0.3) is 5.91 Å². The first kappa shape index (κ1) is 15.8. The molecule has 0 radical (unpaired) electrons. The van der Waals surface area contributed by atoms with Gasteiger partial charge in [0.2, 0.25) is 0 Å². The van der Waals surface area contributed by atoms with E-state index in [2.05, 4.69) is 21.2 Å². The second-order valence-corrected chi connectivity index (χ2v) is 5.64. The van der Waals surface area contributed by atoms with Crippen molar-refractivity contribution >= 4 is 39.1 Å². The molecule has 2 aromatic carbocycles. The van der Waals surface area contributed by atoms with Gasteiger partial charge in [0.15, 0.2) is 0 Å². The minimum atomic E-state index is -0.418. The Labute approximate surface area is 135 Å². The lowest BCUT2D eigenvalue weighted by atomic mass is 10.1. The maximum absolute atomic E-state index is 13.1. The van der Waals surface area contributed by atoms with Gasteiger partial charge in [-0.3, -0.25) is 4.79 Å². The Morgan fingerprint density at radius 3 is 2.67 bits per heavy atom. The number of ether oxygens (including phenoxy) is 1. The van der Waals surface area contributed by atoms with Crippen LogP contribution in [0.1, 0.15) is 15.9 Å². The van der Waals surface area contributed by atoms with Crippen LogP contribution >= 0.6 is 27.5 Å². The number of nitrogens with one attached hydrogen (secondary N) is 1. The van der Waals surface area contributed by atoms with Crippen LogP contribution in [0.15, 0.2) is 34.8 Å². The van der Waals surface area contributed by atoms with Crippen molar-refractivity contribution in [1.82, 2.24) is 0 Å². The third kappa shape index (κ3) is 3.54. The van der Waals surface area contributed by atoms with Gasteiger partial charge in [-0.2, -0.15) is 0 Å². The standard InChI is InChI=1S/C15H12BrClFNO2/c1-8-5-13(14(21-2)7-12(8)17)19-15(20)10-4-3-9(18)6-11(10)16/h3-7H,1-2H3,(H,19,20). The molecule has 21 heavy (non-hydrogen) atoms. The van der Waals surface area contributed by atoms with E-state index in [-0.39, 0.29) is 5.91 Å². The summed E-state index contributed by atoms with van der Waals surface area (Å²) in [6.45, 7) is 1.82. The number of rotatable bonds is 3. The van der Waals surface area contributed by atoms with E-state index in [0.29, 0.717) is 26.5 Å². The van der Waals surface area contributed by atoms with Crippen molar-refractivity contribution in [3.05, 3.63) is 56.8 Å². The van der Waals surface area contributed by atoms with Crippen molar-refractivity contribution in [3.63, 3.8) is 0 Å². The zero-order valence-electron chi connectivity index (χ0n) is 11.3. The van der Waals surface area contributed by atoms with Crippen LogP contribution in [-0.4, -0.2) is 13.0 Å². The Hall–Kier alpha value is -1.59. The minimum absolute atomic E-state index is 0.325. The van der Waals surface area contributed by atoms with Gasteiger partial charge in [-0.05, 0) is 52.7 Å². The highest BCUT2D eigenvalue weighted by Crippen LogP contribution is 2.31. The lowest BCUT2D eigenvalue weighted by molar-refractivity contribution is 0.102. The molecule has 0 fully saturated rings. The summed E-state index contributed by atoms with van der Waals surface area (Å²) in [5.74, 6) is -0.336. The Kier molecular flexibility index (Phi) is 4.85. The number of anilines is 1. The zero-order valence-corrected chi connectivity index (χ0v) is 13.7. The van der Waals surface area contributed by atoms with Crippen molar-refractivity contribution in [3.8, 4) is 5.75 Å². The first-order valence-corrected chi connectivity index (χ1v) is 7.20. The number of hydrogen-bond acceptors (Lipinski definition) is 2. The molecule has 0 spiro atoms. The van der Waals surface area contributed by atoms with E-state index in [9.17, 15) is 9.18 Å². The second-order valence-electron chi connectivity index (χ2n) is 4.38. The van der Waals surface area contributed by atoms with Crippen LogP contribution in [0.2, 0.25) is 5.02 Å². The predicted octanol–water partition coefficient (Wildman–Crippen LogP) is 4.81. The first-order valence-electron chi connectivity index (χ1n) is 6.03. The van der Waals surface area contributed by atoms with Crippen molar-refractivity contribution < 1.29 is 13.9 Å². The highest BCUT2D eigenvalue weighted by atomic mass is 79.9. The smallest absolute Gasteiger partial charge is 0.256 e. The molecule has 1 amide bonds. The average Bonchev–Trinajstić information content (AvgIpc) is 2.42. The number of amides is 1. The van der Waals surface area contributed by atoms with Gasteiger partial charge in [-0.15, -0.1) is 0 Å². The summed E-state index contributed by atoms with van der Waals surface area (Å²) in [6.07, 6.45) is 0. The molecule has 0 aromatic heterocycles. The van der Waals surface area contributed by atoms with Gasteiger partial charge in [0, 0.05) is 15.6 Å². The number of halogens is 3. The van der Waals surface area contributed by atoms with Gasteiger partial charge in [-0.25, -0.2) is 4.39 Å². The number of benzene rings is 2. The Balaban J connectivity index is 2.33. The largest absolute Gasteiger partial charge is 0.495 e.